The SMILES string of the molecule is CCCC(=O)OCC1CC2C=CC1C2. The Bertz CT molecular complexity index is 245. The van der Waals surface area contributed by atoms with Crippen molar-refractivity contribution in [2.45, 2.75) is 32.6 Å². The van der Waals surface area contributed by atoms with E-state index in [1.807, 2.05) is 6.92 Å². The molecule has 0 radical (unpaired) electrons. The molecule has 0 saturated heterocycles. The van der Waals surface area contributed by atoms with Crippen molar-refractivity contribution in [3.8, 4) is 0 Å². The minimum atomic E-state index is -0.0285. The molecule has 1 saturated carbocycles. The number of allylic oxidation sites excluding steroid dienone is 2. The summed E-state index contributed by atoms with van der Waals surface area (Å²) >= 11 is 0. The Balaban J connectivity index is 1.72. The van der Waals surface area contributed by atoms with Crippen molar-refractivity contribution in [1.82, 2.24) is 0 Å². The number of ether oxygens (including phenoxy) is 1. The van der Waals surface area contributed by atoms with Crippen LogP contribution in [0, 0.1) is 17.8 Å². The largest absolute Gasteiger partial charge is 0.465 e. The molecule has 0 heterocycles. The second kappa shape index (κ2) is 4.16. The maximum Gasteiger partial charge on any atom is 0.305 e. The third-order valence-electron chi connectivity index (χ3n) is 3.33. The van der Waals surface area contributed by atoms with Crippen LogP contribution >= 0.6 is 0 Å². The number of hydrogen-bond donors (Lipinski definition) is 0. The maximum absolute atomic E-state index is 11.2. The Hall–Kier alpha value is -0.790. The molecule has 2 rings (SSSR count). The van der Waals surface area contributed by atoms with Gasteiger partial charge in [0.2, 0.25) is 0 Å². The van der Waals surface area contributed by atoms with Crippen LogP contribution in [0.25, 0.3) is 0 Å². The molecule has 14 heavy (non-hydrogen) atoms. The molecule has 2 aliphatic carbocycles. The number of carbonyl (C=O) groups is 1. The molecule has 0 aromatic heterocycles. The smallest absolute Gasteiger partial charge is 0.305 e. The molecule has 0 aliphatic heterocycles. The second-order valence-electron chi connectivity index (χ2n) is 4.47. The summed E-state index contributed by atoms with van der Waals surface area (Å²) < 4.78 is 5.25. The summed E-state index contributed by atoms with van der Waals surface area (Å²) in [5.41, 5.74) is 0. The van der Waals surface area contributed by atoms with Crippen LogP contribution in [0.15, 0.2) is 12.2 Å². The first-order valence-electron chi connectivity index (χ1n) is 5.63. The molecule has 0 aromatic carbocycles. The molecule has 2 heteroatoms. The fourth-order valence-corrected chi connectivity index (χ4v) is 2.56. The number of rotatable bonds is 4. The van der Waals surface area contributed by atoms with Crippen LogP contribution < -0.4 is 0 Å². The lowest BCUT2D eigenvalue weighted by Crippen LogP contribution is -2.17. The van der Waals surface area contributed by atoms with Crippen LogP contribution in [0.1, 0.15) is 32.6 Å². The molecule has 2 aliphatic rings. The Labute approximate surface area is 85.3 Å². The van der Waals surface area contributed by atoms with Gasteiger partial charge in [-0.15, -0.1) is 0 Å². The van der Waals surface area contributed by atoms with Gasteiger partial charge in [0.15, 0.2) is 0 Å². The highest BCUT2D eigenvalue weighted by molar-refractivity contribution is 5.69. The van der Waals surface area contributed by atoms with Gasteiger partial charge in [0.25, 0.3) is 0 Å². The quantitative estimate of drug-likeness (QED) is 0.508. The van der Waals surface area contributed by atoms with Gasteiger partial charge in [-0.2, -0.15) is 0 Å². The van der Waals surface area contributed by atoms with Crippen LogP contribution in [0.4, 0.5) is 0 Å². The summed E-state index contributed by atoms with van der Waals surface area (Å²) in [7, 11) is 0. The zero-order valence-corrected chi connectivity index (χ0v) is 8.74. The number of hydrogen-bond acceptors (Lipinski definition) is 2. The van der Waals surface area contributed by atoms with E-state index in [1.165, 1.54) is 12.8 Å². The van der Waals surface area contributed by atoms with Gasteiger partial charge in [-0.3, -0.25) is 4.79 Å². The topological polar surface area (TPSA) is 26.3 Å². The van der Waals surface area contributed by atoms with E-state index in [-0.39, 0.29) is 5.97 Å². The predicted molar refractivity (Wildman–Crippen MR) is 54.7 cm³/mol. The minimum Gasteiger partial charge on any atom is -0.465 e. The van der Waals surface area contributed by atoms with Gasteiger partial charge in [-0.05, 0) is 37.0 Å². The lowest BCUT2D eigenvalue weighted by atomic mass is 9.95. The molecule has 3 unspecified atom stereocenters. The molecule has 2 nitrogen and oxygen atoms in total. The molecule has 1 fully saturated rings. The van der Waals surface area contributed by atoms with E-state index >= 15 is 0 Å². The van der Waals surface area contributed by atoms with E-state index in [9.17, 15) is 4.79 Å². The van der Waals surface area contributed by atoms with E-state index in [0.717, 1.165) is 12.3 Å². The van der Waals surface area contributed by atoms with Crippen LogP contribution in [-0.2, 0) is 9.53 Å². The van der Waals surface area contributed by atoms with Crippen molar-refractivity contribution in [3.63, 3.8) is 0 Å². The van der Waals surface area contributed by atoms with Gasteiger partial charge in [0.1, 0.15) is 0 Å². The summed E-state index contributed by atoms with van der Waals surface area (Å²) in [6, 6.07) is 0. The van der Waals surface area contributed by atoms with Gasteiger partial charge in [0, 0.05) is 6.42 Å². The van der Waals surface area contributed by atoms with E-state index in [1.54, 1.807) is 0 Å². The molecule has 0 amide bonds. The third kappa shape index (κ3) is 1.99. The summed E-state index contributed by atoms with van der Waals surface area (Å²) in [5, 5.41) is 0. The minimum absolute atomic E-state index is 0.0285. The number of esters is 1. The first kappa shape index (κ1) is 9.75. The van der Waals surface area contributed by atoms with Crippen LogP contribution in [-0.4, -0.2) is 12.6 Å². The molecule has 0 N–H and O–H groups in total. The molecule has 0 aromatic rings. The molecular weight excluding hydrogens is 176 g/mol. The second-order valence-corrected chi connectivity index (χ2v) is 4.47. The number of carbonyl (C=O) groups excluding carboxylic acids is 1. The van der Waals surface area contributed by atoms with Crippen LogP contribution in [0.5, 0.6) is 0 Å². The predicted octanol–water partition coefficient (Wildman–Crippen LogP) is 2.54. The lowest BCUT2D eigenvalue weighted by Gasteiger charge is -2.17. The normalized spacial score (nSPS) is 33.6. The summed E-state index contributed by atoms with van der Waals surface area (Å²) in [6.45, 7) is 2.64. The Kier molecular flexibility index (Phi) is 2.90. The summed E-state index contributed by atoms with van der Waals surface area (Å²) in [6.07, 6.45) is 8.57. The third-order valence-corrected chi connectivity index (χ3v) is 3.33. The van der Waals surface area contributed by atoms with Crippen molar-refractivity contribution < 1.29 is 9.53 Å². The summed E-state index contributed by atoms with van der Waals surface area (Å²) in [4.78, 5) is 11.2. The standard InChI is InChI=1S/C12H18O2/c1-2-3-12(13)14-8-11-7-9-4-5-10(11)6-9/h4-5,9-11H,2-3,6-8H2,1H3. The Morgan fingerprint density at radius 1 is 1.43 bits per heavy atom. The highest BCUT2D eigenvalue weighted by Gasteiger charge is 2.35. The Morgan fingerprint density at radius 3 is 2.86 bits per heavy atom. The fraction of sp³-hybridized carbons (Fsp3) is 0.750. The van der Waals surface area contributed by atoms with E-state index in [2.05, 4.69) is 12.2 Å². The molecule has 0 spiro atoms. The van der Waals surface area contributed by atoms with Gasteiger partial charge >= 0.3 is 5.97 Å². The van der Waals surface area contributed by atoms with E-state index in [0.29, 0.717) is 24.9 Å². The van der Waals surface area contributed by atoms with E-state index < -0.39 is 0 Å². The first-order valence-corrected chi connectivity index (χ1v) is 5.63. The molecule has 3 atom stereocenters. The first-order chi connectivity index (χ1) is 6.79. The average Bonchev–Trinajstić information content (AvgIpc) is 2.76. The van der Waals surface area contributed by atoms with Crippen molar-refractivity contribution in [1.29, 1.82) is 0 Å². The van der Waals surface area contributed by atoms with Crippen molar-refractivity contribution in [2.75, 3.05) is 6.61 Å². The zero-order valence-electron chi connectivity index (χ0n) is 8.74. The average molecular weight is 194 g/mol. The molecule has 2 bridgehead atoms. The highest BCUT2D eigenvalue weighted by atomic mass is 16.5. The Morgan fingerprint density at radius 2 is 2.29 bits per heavy atom. The van der Waals surface area contributed by atoms with Crippen molar-refractivity contribution in [2.24, 2.45) is 17.8 Å². The van der Waals surface area contributed by atoms with Gasteiger partial charge in [-0.1, -0.05) is 19.1 Å². The van der Waals surface area contributed by atoms with E-state index in [4.69, 9.17) is 4.74 Å². The number of fused-ring (bicyclic) bond motifs is 2. The van der Waals surface area contributed by atoms with Gasteiger partial charge in [0.05, 0.1) is 6.61 Å². The molecular formula is C12H18O2. The fourth-order valence-electron chi connectivity index (χ4n) is 2.56. The summed E-state index contributed by atoms with van der Waals surface area (Å²) in [5.74, 6) is 2.04. The monoisotopic (exact) mass is 194 g/mol. The van der Waals surface area contributed by atoms with Gasteiger partial charge in [-0.25, -0.2) is 0 Å². The van der Waals surface area contributed by atoms with Crippen LogP contribution in [0.3, 0.4) is 0 Å². The maximum atomic E-state index is 11.2. The van der Waals surface area contributed by atoms with Crippen molar-refractivity contribution in [3.05, 3.63) is 12.2 Å². The highest BCUT2D eigenvalue weighted by Crippen LogP contribution is 2.43. The molecule has 78 valence electrons. The van der Waals surface area contributed by atoms with Crippen LogP contribution in [0.2, 0.25) is 0 Å². The van der Waals surface area contributed by atoms with Gasteiger partial charge < -0.3 is 4.74 Å². The van der Waals surface area contributed by atoms with Crippen molar-refractivity contribution >= 4 is 5.97 Å². The lowest BCUT2D eigenvalue weighted by molar-refractivity contribution is -0.145. The zero-order chi connectivity index (χ0) is 9.97.